The summed E-state index contributed by atoms with van der Waals surface area (Å²) in [6, 6.07) is 4.17. The largest absolute Gasteiger partial charge is 0.464 e. The van der Waals surface area contributed by atoms with Crippen LogP contribution in [0.2, 0.25) is 0 Å². The number of nitrogens with one attached hydrogen (secondary N) is 1. The van der Waals surface area contributed by atoms with Crippen molar-refractivity contribution in [2.75, 3.05) is 12.4 Å². The molecular formula is C13H18N2O2. The SMILES string of the molecule is COC(=O)c1cc(NC2CCCCC2)ccn1. The third kappa shape index (κ3) is 3.19. The number of pyridine rings is 1. The van der Waals surface area contributed by atoms with E-state index in [0.717, 1.165) is 5.69 Å². The summed E-state index contributed by atoms with van der Waals surface area (Å²) < 4.78 is 4.65. The Balaban J connectivity index is 2.02. The van der Waals surface area contributed by atoms with Gasteiger partial charge in [-0.1, -0.05) is 19.3 Å². The lowest BCUT2D eigenvalue weighted by Crippen LogP contribution is -2.22. The second kappa shape index (κ2) is 5.66. The van der Waals surface area contributed by atoms with E-state index in [1.807, 2.05) is 6.07 Å². The number of carbonyl (C=O) groups excluding carboxylic acids is 1. The standard InChI is InChI=1S/C13H18N2O2/c1-17-13(16)12-9-11(7-8-14-12)15-10-5-3-2-4-6-10/h7-10H,2-6H2,1H3,(H,14,15). The first kappa shape index (κ1) is 11.9. The van der Waals surface area contributed by atoms with E-state index < -0.39 is 5.97 Å². The highest BCUT2D eigenvalue weighted by Crippen LogP contribution is 2.21. The summed E-state index contributed by atoms with van der Waals surface area (Å²) in [7, 11) is 1.37. The quantitative estimate of drug-likeness (QED) is 0.817. The third-order valence-electron chi connectivity index (χ3n) is 3.13. The summed E-state index contributed by atoms with van der Waals surface area (Å²) >= 11 is 0. The molecule has 0 amide bonds. The zero-order valence-electron chi connectivity index (χ0n) is 10.1. The Morgan fingerprint density at radius 3 is 2.88 bits per heavy atom. The molecule has 1 aliphatic carbocycles. The summed E-state index contributed by atoms with van der Waals surface area (Å²) in [5.41, 5.74) is 1.31. The van der Waals surface area contributed by atoms with E-state index in [-0.39, 0.29) is 0 Å². The van der Waals surface area contributed by atoms with Crippen LogP contribution in [0.15, 0.2) is 18.3 Å². The number of aromatic nitrogens is 1. The Bertz CT molecular complexity index is 387. The molecule has 0 aromatic carbocycles. The maximum atomic E-state index is 11.3. The maximum Gasteiger partial charge on any atom is 0.356 e. The fraction of sp³-hybridized carbons (Fsp3) is 0.538. The number of hydrogen-bond donors (Lipinski definition) is 1. The van der Waals surface area contributed by atoms with Gasteiger partial charge in [0.25, 0.3) is 0 Å². The summed E-state index contributed by atoms with van der Waals surface area (Å²) in [6.07, 6.45) is 7.95. The van der Waals surface area contributed by atoms with Gasteiger partial charge in [0.1, 0.15) is 5.69 Å². The molecule has 0 aliphatic heterocycles. The van der Waals surface area contributed by atoms with Gasteiger partial charge in [0, 0.05) is 17.9 Å². The van der Waals surface area contributed by atoms with E-state index >= 15 is 0 Å². The number of rotatable bonds is 3. The van der Waals surface area contributed by atoms with Crippen LogP contribution in [0, 0.1) is 0 Å². The molecule has 1 N–H and O–H groups in total. The lowest BCUT2D eigenvalue weighted by molar-refractivity contribution is 0.0594. The smallest absolute Gasteiger partial charge is 0.356 e. The lowest BCUT2D eigenvalue weighted by Gasteiger charge is -2.23. The molecule has 1 heterocycles. The first-order valence-electron chi connectivity index (χ1n) is 6.10. The van der Waals surface area contributed by atoms with Crippen LogP contribution in [-0.4, -0.2) is 24.1 Å². The number of anilines is 1. The predicted octanol–water partition coefficient (Wildman–Crippen LogP) is 2.61. The predicted molar refractivity (Wildman–Crippen MR) is 66.1 cm³/mol. The number of methoxy groups -OCH3 is 1. The number of ether oxygens (including phenoxy) is 1. The van der Waals surface area contributed by atoms with Crippen molar-refractivity contribution in [3.8, 4) is 0 Å². The first-order chi connectivity index (χ1) is 8.29. The van der Waals surface area contributed by atoms with Gasteiger partial charge in [-0.3, -0.25) is 0 Å². The van der Waals surface area contributed by atoms with Gasteiger partial charge in [-0.2, -0.15) is 0 Å². The molecule has 0 saturated heterocycles. The molecule has 1 aliphatic rings. The van der Waals surface area contributed by atoms with Gasteiger partial charge < -0.3 is 10.1 Å². The van der Waals surface area contributed by atoms with Crippen LogP contribution in [0.5, 0.6) is 0 Å². The highest BCUT2D eigenvalue weighted by atomic mass is 16.5. The van der Waals surface area contributed by atoms with E-state index in [9.17, 15) is 4.79 Å². The Morgan fingerprint density at radius 1 is 1.41 bits per heavy atom. The minimum Gasteiger partial charge on any atom is -0.464 e. The van der Waals surface area contributed by atoms with Gasteiger partial charge >= 0.3 is 5.97 Å². The minimum atomic E-state index is -0.391. The maximum absolute atomic E-state index is 11.3. The second-order valence-corrected chi connectivity index (χ2v) is 4.40. The van der Waals surface area contributed by atoms with Crippen molar-refractivity contribution in [3.63, 3.8) is 0 Å². The van der Waals surface area contributed by atoms with Crippen LogP contribution in [0.4, 0.5) is 5.69 Å². The molecule has 92 valence electrons. The molecule has 0 atom stereocenters. The Labute approximate surface area is 101 Å². The Hall–Kier alpha value is -1.58. The van der Waals surface area contributed by atoms with E-state index in [2.05, 4.69) is 15.0 Å². The van der Waals surface area contributed by atoms with Crippen molar-refractivity contribution >= 4 is 11.7 Å². The zero-order valence-corrected chi connectivity index (χ0v) is 10.1. The van der Waals surface area contributed by atoms with Gasteiger partial charge in [0.15, 0.2) is 0 Å². The second-order valence-electron chi connectivity index (χ2n) is 4.40. The van der Waals surface area contributed by atoms with Gasteiger partial charge in [0.2, 0.25) is 0 Å². The Kier molecular flexibility index (Phi) is 3.96. The molecule has 4 nitrogen and oxygen atoms in total. The fourth-order valence-electron chi connectivity index (χ4n) is 2.22. The van der Waals surface area contributed by atoms with Crippen LogP contribution < -0.4 is 5.32 Å². The zero-order chi connectivity index (χ0) is 12.1. The van der Waals surface area contributed by atoms with Crippen molar-refractivity contribution in [1.29, 1.82) is 0 Å². The molecule has 0 unspecified atom stereocenters. The molecule has 1 aromatic rings. The van der Waals surface area contributed by atoms with Crippen molar-refractivity contribution in [3.05, 3.63) is 24.0 Å². The summed E-state index contributed by atoms with van der Waals surface area (Å²) in [6.45, 7) is 0. The summed E-state index contributed by atoms with van der Waals surface area (Å²) in [5.74, 6) is -0.391. The van der Waals surface area contributed by atoms with Crippen LogP contribution in [-0.2, 0) is 4.74 Å². The number of nitrogens with zero attached hydrogens (tertiary/aromatic N) is 1. The van der Waals surface area contributed by atoms with Crippen LogP contribution in [0.3, 0.4) is 0 Å². The topological polar surface area (TPSA) is 51.2 Å². The highest BCUT2D eigenvalue weighted by Gasteiger charge is 2.14. The number of carbonyl (C=O) groups is 1. The van der Waals surface area contributed by atoms with Gasteiger partial charge in [0.05, 0.1) is 7.11 Å². The van der Waals surface area contributed by atoms with E-state index in [4.69, 9.17) is 0 Å². The van der Waals surface area contributed by atoms with E-state index in [0.29, 0.717) is 11.7 Å². The average molecular weight is 234 g/mol. The average Bonchev–Trinajstić information content (AvgIpc) is 2.39. The molecule has 17 heavy (non-hydrogen) atoms. The van der Waals surface area contributed by atoms with Gasteiger partial charge in [-0.05, 0) is 25.0 Å². The molecule has 1 aromatic heterocycles. The van der Waals surface area contributed by atoms with Crippen LogP contribution >= 0.6 is 0 Å². The Morgan fingerprint density at radius 2 is 2.18 bits per heavy atom. The summed E-state index contributed by atoms with van der Waals surface area (Å²) in [4.78, 5) is 15.3. The molecule has 1 fully saturated rings. The molecule has 4 heteroatoms. The molecule has 0 radical (unpaired) electrons. The first-order valence-corrected chi connectivity index (χ1v) is 6.10. The van der Waals surface area contributed by atoms with Crippen LogP contribution in [0.25, 0.3) is 0 Å². The third-order valence-corrected chi connectivity index (χ3v) is 3.13. The monoisotopic (exact) mass is 234 g/mol. The van der Waals surface area contributed by atoms with Gasteiger partial charge in [-0.15, -0.1) is 0 Å². The molecule has 2 rings (SSSR count). The lowest BCUT2D eigenvalue weighted by atomic mass is 9.95. The molecule has 1 saturated carbocycles. The fourth-order valence-corrected chi connectivity index (χ4v) is 2.22. The number of esters is 1. The van der Waals surface area contributed by atoms with E-state index in [1.165, 1.54) is 39.2 Å². The van der Waals surface area contributed by atoms with Crippen molar-refractivity contribution < 1.29 is 9.53 Å². The molecule has 0 bridgehead atoms. The molecule has 0 spiro atoms. The number of hydrogen-bond acceptors (Lipinski definition) is 4. The summed E-state index contributed by atoms with van der Waals surface area (Å²) in [5, 5.41) is 3.45. The van der Waals surface area contributed by atoms with Crippen molar-refractivity contribution in [2.45, 2.75) is 38.1 Å². The van der Waals surface area contributed by atoms with Crippen molar-refractivity contribution in [2.24, 2.45) is 0 Å². The van der Waals surface area contributed by atoms with Gasteiger partial charge in [-0.25, -0.2) is 9.78 Å². The van der Waals surface area contributed by atoms with Crippen molar-refractivity contribution in [1.82, 2.24) is 4.98 Å². The highest BCUT2D eigenvalue weighted by molar-refractivity contribution is 5.88. The van der Waals surface area contributed by atoms with Crippen LogP contribution in [0.1, 0.15) is 42.6 Å². The normalized spacial score (nSPS) is 16.5. The minimum absolute atomic E-state index is 0.355. The molecular weight excluding hydrogens is 216 g/mol. The van der Waals surface area contributed by atoms with E-state index in [1.54, 1.807) is 12.3 Å².